The molecule has 10 heteroatoms. The molecule has 0 saturated carbocycles. The first-order valence-corrected chi connectivity index (χ1v) is 9.77. The lowest BCUT2D eigenvalue weighted by Crippen LogP contribution is -2.38. The smallest absolute Gasteiger partial charge is 0.323 e. The average Bonchev–Trinajstić information content (AvgIpc) is 2.73. The summed E-state index contributed by atoms with van der Waals surface area (Å²) in [5, 5.41) is 6.92. The van der Waals surface area contributed by atoms with E-state index in [1.807, 2.05) is 55.3 Å². The highest BCUT2D eigenvalue weighted by Crippen LogP contribution is 2.10. The second-order valence-corrected chi connectivity index (χ2v) is 6.85. The monoisotopic (exact) mass is 414 g/mol. The molecule has 0 radical (unpaired) electrons. The predicted molar refractivity (Wildman–Crippen MR) is 116 cm³/mol. The van der Waals surface area contributed by atoms with Crippen LogP contribution < -0.4 is 10.5 Å². The van der Waals surface area contributed by atoms with Gasteiger partial charge >= 0.3 is 6.01 Å². The molecule has 1 saturated heterocycles. The SMILES string of the molecule is Cc1cccc(C=N)c1.Cn1ccn1-c1nc(N)nc(OCCN2CCOCC2)n1.[HH]. The van der Waals surface area contributed by atoms with E-state index in [1.165, 1.54) is 11.8 Å². The van der Waals surface area contributed by atoms with Crippen LogP contribution in [0.15, 0.2) is 36.7 Å². The van der Waals surface area contributed by atoms with Crippen LogP contribution in [0.5, 0.6) is 6.01 Å². The number of nitrogens with two attached hydrogens (primary N) is 1. The molecule has 3 N–H and O–H groups in total. The number of benzene rings is 1. The second-order valence-electron chi connectivity index (χ2n) is 6.85. The molecule has 30 heavy (non-hydrogen) atoms. The first-order chi connectivity index (χ1) is 14.5. The fourth-order valence-corrected chi connectivity index (χ4v) is 2.85. The highest BCUT2D eigenvalue weighted by molar-refractivity contribution is 5.76. The minimum Gasteiger partial charge on any atom is -0.462 e. The molecule has 0 atom stereocenters. The van der Waals surface area contributed by atoms with Crippen LogP contribution in [0, 0.1) is 12.3 Å². The van der Waals surface area contributed by atoms with Crippen molar-refractivity contribution in [3.8, 4) is 12.0 Å². The Kier molecular flexibility index (Phi) is 7.52. The number of nitrogens with one attached hydrogen (secondary N) is 1. The van der Waals surface area contributed by atoms with E-state index in [4.69, 9.17) is 20.6 Å². The van der Waals surface area contributed by atoms with E-state index in [0.717, 1.165) is 38.4 Å². The molecule has 0 amide bonds. The van der Waals surface area contributed by atoms with Gasteiger partial charge in [-0.3, -0.25) is 9.58 Å². The average molecular weight is 415 g/mol. The van der Waals surface area contributed by atoms with Crippen molar-refractivity contribution in [2.45, 2.75) is 6.92 Å². The maximum Gasteiger partial charge on any atom is 0.323 e. The summed E-state index contributed by atoms with van der Waals surface area (Å²) in [5.74, 6) is 0.601. The molecule has 1 aliphatic rings. The van der Waals surface area contributed by atoms with Gasteiger partial charge in [0.05, 0.1) is 13.2 Å². The highest BCUT2D eigenvalue weighted by Gasteiger charge is 2.12. The summed E-state index contributed by atoms with van der Waals surface area (Å²) in [6.45, 7) is 6.75. The number of rotatable bonds is 6. The highest BCUT2D eigenvalue weighted by atomic mass is 16.5. The van der Waals surface area contributed by atoms with Crippen molar-refractivity contribution in [2.24, 2.45) is 7.05 Å². The number of aromatic nitrogens is 5. The van der Waals surface area contributed by atoms with Crippen molar-refractivity contribution >= 4 is 12.2 Å². The first-order valence-electron chi connectivity index (χ1n) is 9.77. The number of aryl methyl sites for hydroxylation is 2. The zero-order valence-corrected chi connectivity index (χ0v) is 17.4. The molecule has 10 nitrogen and oxygen atoms in total. The number of hydrogen-bond acceptors (Lipinski definition) is 8. The molecule has 0 unspecified atom stereocenters. The summed E-state index contributed by atoms with van der Waals surface area (Å²) < 4.78 is 14.5. The quantitative estimate of drug-likeness (QED) is 0.587. The van der Waals surface area contributed by atoms with Crippen LogP contribution in [0.4, 0.5) is 5.95 Å². The van der Waals surface area contributed by atoms with E-state index in [0.29, 0.717) is 12.6 Å². The summed E-state index contributed by atoms with van der Waals surface area (Å²) in [6.07, 6.45) is 5.08. The lowest BCUT2D eigenvalue weighted by molar-refractivity contribution is 0.0317. The normalized spacial score (nSPS) is 14.1. The van der Waals surface area contributed by atoms with Crippen LogP contribution in [-0.2, 0) is 11.8 Å². The Morgan fingerprint density at radius 2 is 2.03 bits per heavy atom. The van der Waals surface area contributed by atoms with Crippen LogP contribution in [0.25, 0.3) is 5.95 Å². The summed E-state index contributed by atoms with van der Waals surface area (Å²) in [6, 6.07) is 8.12. The van der Waals surface area contributed by atoms with Crippen LogP contribution in [-0.4, -0.2) is 74.9 Å². The van der Waals surface area contributed by atoms with Crippen LogP contribution in [0.3, 0.4) is 0 Å². The fraction of sp³-hybridized carbons (Fsp3) is 0.400. The molecular formula is C20H30N8O2. The largest absolute Gasteiger partial charge is 0.462 e. The van der Waals surface area contributed by atoms with Crippen molar-refractivity contribution in [3.05, 3.63) is 47.8 Å². The van der Waals surface area contributed by atoms with Gasteiger partial charge in [0.2, 0.25) is 5.95 Å². The number of hydrogen-bond donors (Lipinski definition) is 2. The van der Waals surface area contributed by atoms with Gasteiger partial charge in [-0.15, -0.1) is 0 Å². The van der Waals surface area contributed by atoms with E-state index in [2.05, 4.69) is 19.9 Å². The summed E-state index contributed by atoms with van der Waals surface area (Å²) in [7, 11) is 1.89. The zero-order chi connectivity index (χ0) is 21.3. The van der Waals surface area contributed by atoms with Gasteiger partial charge in [-0.05, 0) is 12.5 Å². The van der Waals surface area contributed by atoms with Gasteiger partial charge in [0.25, 0.3) is 5.95 Å². The number of nitrogens with zero attached hydrogens (tertiary/aromatic N) is 6. The third-order valence-corrected chi connectivity index (χ3v) is 4.54. The van der Waals surface area contributed by atoms with Gasteiger partial charge in [0, 0.05) is 46.7 Å². The standard InChI is InChI=1S/C12H19N7O2.C8H9N.H2/c1-17-2-3-19(17)11-14-10(13)15-12(16-11)21-9-6-18-4-7-20-8-5-18;1-7-3-2-4-8(5-7)6-9;/h2-3H,4-9H2,1H3,(H2,13,14,15,16);2-6,9H,1H3;1H. The van der Waals surface area contributed by atoms with E-state index in [-0.39, 0.29) is 13.4 Å². The number of morpholine rings is 1. The van der Waals surface area contributed by atoms with Gasteiger partial charge in [0.15, 0.2) is 0 Å². The maximum atomic E-state index is 6.92. The molecule has 0 bridgehead atoms. The molecule has 0 aliphatic carbocycles. The van der Waals surface area contributed by atoms with Crippen molar-refractivity contribution in [2.75, 3.05) is 45.2 Å². The predicted octanol–water partition coefficient (Wildman–Crippen LogP) is 1.53. The molecular weight excluding hydrogens is 384 g/mol. The molecule has 2 aromatic heterocycles. The van der Waals surface area contributed by atoms with Gasteiger partial charge in [-0.2, -0.15) is 15.0 Å². The zero-order valence-electron chi connectivity index (χ0n) is 17.4. The van der Waals surface area contributed by atoms with Crippen LogP contribution in [0.2, 0.25) is 0 Å². The molecule has 1 aromatic carbocycles. The minimum atomic E-state index is 0. The molecule has 4 rings (SSSR count). The van der Waals surface area contributed by atoms with E-state index in [1.54, 1.807) is 4.68 Å². The van der Waals surface area contributed by atoms with Gasteiger partial charge < -0.3 is 20.6 Å². The van der Waals surface area contributed by atoms with Crippen molar-refractivity contribution < 1.29 is 10.9 Å². The second kappa shape index (κ2) is 10.5. The molecule has 1 fully saturated rings. The molecule has 0 spiro atoms. The van der Waals surface area contributed by atoms with E-state index >= 15 is 0 Å². The first kappa shape index (κ1) is 21.5. The third-order valence-electron chi connectivity index (χ3n) is 4.54. The lowest BCUT2D eigenvalue weighted by atomic mass is 10.2. The van der Waals surface area contributed by atoms with Crippen molar-refractivity contribution in [1.82, 2.24) is 29.2 Å². The summed E-state index contributed by atoms with van der Waals surface area (Å²) >= 11 is 0. The summed E-state index contributed by atoms with van der Waals surface area (Å²) in [5.41, 5.74) is 7.87. The molecule has 3 aromatic rings. The number of ether oxygens (including phenoxy) is 2. The number of nitrogen functional groups attached to an aromatic ring is 1. The Morgan fingerprint density at radius 3 is 2.63 bits per heavy atom. The van der Waals surface area contributed by atoms with E-state index < -0.39 is 0 Å². The molecule has 1 aliphatic heterocycles. The Labute approximate surface area is 177 Å². The number of anilines is 1. The van der Waals surface area contributed by atoms with Crippen LogP contribution in [0.1, 0.15) is 12.6 Å². The Bertz CT molecular complexity index is 952. The van der Waals surface area contributed by atoms with Gasteiger partial charge in [-0.25, -0.2) is 4.68 Å². The van der Waals surface area contributed by atoms with Crippen LogP contribution >= 0.6 is 0 Å². The fourth-order valence-electron chi connectivity index (χ4n) is 2.85. The topological polar surface area (TPSA) is 120 Å². The van der Waals surface area contributed by atoms with E-state index in [9.17, 15) is 0 Å². The lowest BCUT2D eigenvalue weighted by Gasteiger charge is -2.26. The molecule has 162 valence electrons. The Hall–Kier alpha value is -3.24. The molecule has 3 heterocycles. The third kappa shape index (κ3) is 6.13. The van der Waals surface area contributed by atoms with Gasteiger partial charge in [-0.1, -0.05) is 29.8 Å². The summed E-state index contributed by atoms with van der Waals surface area (Å²) in [4.78, 5) is 14.6. The minimum absolute atomic E-state index is 0. The Balaban J connectivity index is 0.000000289. The van der Waals surface area contributed by atoms with Crippen molar-refractivity contribution in [1.29, 1.82) is 5.41 Å². The van der Waals surface area contributed by atoms with Gasteiger partial charge in [0.1, 0.15) is 6.61 Å². The maximum absolute atomic E-state index is 6.92. The van der Waals surface area contributed by atoms with Crippen molar-refractivity contribution in [3.63, 3.8) is 0 Å². The Morgan fingerprint density at radius 1 is 1.23 bits per heavy atom.